The van der Waals surface area contributed by atoms with Gasteiger partial charge >= 0.3 is 5.97 Å². The van der Waals surface area contributed by atoms with Gasteiger partial charge in [-0.15, -0.1) is 0 Å². The number of halogens is 1. The third-order valence-corrected chi connectivity index (χ3v) is 3.29. The van der Waals surface area contributed by atoms with Gasteiger partial charge in [-0.05, 0) is 36.2 Å². The SMILES string of the molecule is Cc1ccc(Cl)cc1C(=O)Nc1ccccc1CC(=O)O. The summed E-state index contributed by atoms with van der Waals surface area (Å²) in [5.74, 6) is -1.26. The van der Waals surface area contributed by atoms with Crippen LogP contribution in [0.15, 0.2) is 42.5 Å². The molecule has 2 aromatic rings. The molecule has 0 spiro atoms. The lowest BCUT2D eigenvalue weighted by molar-refractivity contribution is -0.136. The van der Waals surface area contributed by atoms with E-state index in [-0.39, 0.29) is 12.3 Å². The van der Waals surface area contributed by atoms with Gasteiger partial charge in [-0.3, -0.25) is 9.59 Å². The van der Waals surface area contributed by atoms with Crippen molar-refractivity contribution in [3.8, 4) is 0 Å². The van der Waals surface area contributed by atoms with Crippen molar-refractivity contribution >= 4 is 29.2 Å². The van der Waals surface area contributed by atoms with Crippen LogP contribution < -0.4 is 5.32 Å². The summed E-state index contributed by atoms with van der Waals surface area (Å²) in [4.78, 5) is 23.2. The standard InChI is InChI=1S/C16H14ClNO3/c1-10-6-7-12(17)9-13(10)16(21)18-14-5-3-2-4-11(14)8-15(19)20/h2-7,9H,8H2,1H3,(H,18,21)(H,19,20). The minimum atomic E-state index is -0.948. The summed E-state index contributed by atoms with van der Waals surface area (Å²) in [5.41, 5.74) is 2.31. The van der Waals surface area contributed by atoms with Gasteiger partial charge in [-0.1, -0.05) is 35.9 Å². The molecule has 0 atom stereocenters. The number of benzene rings is 2. The van der Waals surface area contributed by atoms with Gasteiger partial charge in [0.2, 0.25) is 0 Å². The Balaban J connectivity index is 2.27. The smallest absolute Gasteiger partial charge is 0.307 e. The quantitative estimate of drug-likeness (QED) is 0.908. The van der Waals surface area contributed by atoms with Crippen molar-refractivity contribution in [2.75, 3.05) is 5.32 Å². The van der Waals surface area contributed by atoms with Gasteiger partial charge in [0.05, 0.1) is 6.42 Å². The summed E-state index contributed by atoms with van der Waals surface area (Å²) in [6.07, 6.45) is -0.148. The largest absolute Gasteiger partial charge is 0.481 e. The molecule has 2 aromatic carbocycles. The maximum atomic E-state index is 12.3. The number of rotatable bonds is 4. The number of aliphatic carboxylic acids is 1. The Morgan fingerprint density at radius 3 is 2.62 bits per heavy atom. The molecule has 0 saturated carbocycles. The van der Waals surface area contributed by atoms with Crippen LogP contribution >= 0.6 is 11.6 Å². The monoisotopic (exact) mass is 303 g/mol. The summed E-state index contributed by atoms with van der Waals surface area (Å²) in [6.45, 7) is 1.81. The van der Waals surface area contributed by atoms with E-state index < -0.39 is 5.97 Å². The molecule has 2 N–H and O–H groups in total. The Hall–Kier alpha value is -2.33. The number of carbonyl (C=O) groups excluding carboxylic acids is 1. The first-order valence-electron chi connectivity index (χ1n) is 6.34. The number of aryl methyl sites for hydroxylation is 1. The Bertz CT molecular complexity index is 698. The number of carboxylic acid groups (broad SMARTS) is 1. The molecule has 0 aliphatic heterocycles. The van der Waals surface area contributed by atoms with Crippen molar-refractivity contribution in [3.63, 3.8) is 0 Å². The third kappa shape index (κ3) is 3.83. The second kappa shape index (κ2) is 6.41. The lowest BCUT2D eigenvalue weighted by atomic mass is 10.1. The van der Waals surface area contributed by atoms with Gasteiger partial charge < -0.3 is 10.4 Å². The summed E-state index contributed by atoms with van der Waals surface area (Å²) >= 11 is 5.91. The van der Waals surface area contributed by atoms with Crippen molar-refractivity contribution < 1.29 is 14.7 Å². The van der Waals surface area contributed by atoms with Crippen molar-refractivity contribution in [3.05, 3.63) is 64.2 Å². The predicted octanol–water partition coefficient (Wildman–Crippen LogP) is 3.53. The molecule has 2 rings (SSSR count). The van der Waals surface area contributed by atoms with E-state index in [1.165, 1.54) is 0 Å². The summed E-state index contributed by atoms with van der Waals surface area (Å²) in [7, 11) is 0. The molecule has 0 aliphatic rings. The van der Waals surface area contributed by atoms with Crippen LogP contribution in [0.2, 0.25) is 5.02 Å². The van der Waals surface area contributed by atoms with E-state index in [0.717, 1.165) is 5.56 Å². The molecule has 0 bridgehead atoms. The van der Waals surface area contributed by atoms with Gasteiger partial charge in [0.25, 0.3) is 5.91 Å². The summed E-state index contributed by atoms with van der Waals surface area (Å²) in [5, 5.41) is 12.1. The number of anilines is 1. The lowest BCUT2D eigenvalue weighted by Crippen LogP contribution is -2.15. The van der Waals surface area contributed by atoms with Crippen LogP contribution in [-0.4, -0.2) is 17.0 Å². The minimum Gasteiger partial charge on any atom is -0.481 e. The highest BCUT2D eigenvalue weighted by atomic mass is 35.5. The normalized spacial score (nSPS) is 10.2. The molecule has 21 heavy (non-hydrogen) atoms. The molecular formula is C16H14ClNO3. The fourth-order valence-corrected chi connectivity index (χ4v) is 2.16. The summed E-state index contributed by atoms with van der Waals surface area (Å²) < 4.78 is 0. The topological polar surface area (TPSA) is 66.4 Å². The molecule has 4 nitrogen and oxygen atoms in total. The van der Waals surface area contributed by atoms with E-state index in [0.29, 0.717) is 21.8 Å². The Morgan fingerprint density at radius 1 is 1.19 bits per heavy atom. The highest BCUT2D eigenvalue weighted by Crippen LogP contribution is 2.20. The highest BCUT2D eigenvalue weighted by molar-refractivity contribution is 6.31. The van der Waals surface area contributed by atoms with E-state index in [9.17, 15) is 9.59 Å². The Kier molecular flexibility index (Phi) is 4.60. The average molecular weight is 304 g/mol. The van der Waals surface area contributed by atoms with Crippen LogP contribution in [0.1, 0.15) is 21.5 Å². The molecule has 0 saturated heterocycles. The zero-order valence-electron chi connectivity index (χ0n) is 11.4. The molecule has 0 unspecified atom stereocenters. The fraction of sp³-hybridized carbons (Fsp3) is 0.125. The molecule has 108 valence electrons. The Morgan fingerprint density at radius 2 is 1.90 bits per heavy atom. The maximum absolute atomic E-state index is 12.3. The first-order chi connectivity index (χ1) is 9.97. The van der Waals surface area contributed by atoms with Gasteiger partial charge in [0.15, 0.2) is 0 Å². The number of hydrogen-bond acceptors (Lipinski definition) is 2. The first kappa shape index (κ1) is 15.1. The summed E-state index contributed by atoms with van der Waals surface area (Å²) in [6, 6.07) is 11.9. The van der Waals surface area contributed by atoms with Crippen LogP contribution in [0, 0.1) is 6.92 Å². The van der Waals surface area contributed by atoms with E-state index in [1.807, 2.05) is 6.92 Å². The molecule has 5 heteroatoms. The minimum absolute atomic E-state index is 0.148. The fourth-order valence-electron chi connectivity index (χ4n) is 1.99. The molecule has 0 fully saturated rings. The van der Waals surface area contributed by atoms with E-state index in [4.69, 9.17) is 16.7 Å². The van der Waals surface area contributed by atoms with Crippen molar-refractivity contribution in [2.45, 2.75) is 13.3 Å². The number of hydrogen-bond donors (Lipinski definition) is 2. The molecule has 0 heterocycles. The van der Waals surface area contributed by atoms with Crippen LogP contribution in [0.4, 0.5) is 5.69 Å². The lowest BCUT2D eigenvalue weighted by Gasteiger charge is -2.11. The number of amides is 1. The van der Waals surface area contributed by atoms with Crippen LogP contribution in [0.25, 0.3) is 0 Å². The zero-order chi connectivity index (χ0) is 15.4. The van der Waals surface area contributed by atoms with E-state index in [2.05, 4.69) is 5.32 Å². The second-order valence-corrected chi connectivity index (χ2v) is 5.08. The predicted molar refractivity (Wildman–Crippen MR) is 81.9 cm³/mol. The molecule has 0 aliphatic carbocycles. The van der Waals surface area contributed by atoms with E-state index >= 15 is 0 Å². The van der Waals surface area contributed by atoms with Crippen LogP contribution in [0.3, 0.4) is 0 Å². The number of carboxylic acids is 1. The Labute approximate surface area is 127 Å². The maximum Gasteiger partial charge on any atom is 0.307 e. The van der Waals surface area contributed by atoms with Gasteiger partial charge in [-0.2, -0.15) is 0 Å². The number of para-hydroxylation sites is 1. The highest BCUT2D eigenvalue weighted by Gasteiger charge is 2.13. The molecule has 1 amide bonds. The van der Waals surface area contributed by atoms with Crippen LogP contribution in [0.5, 0.6) is 0 Å². The van der Waals surface area contributed by atoms with E-state index in [1.54, 1.807) is 42.5 Å². The number of nitrogens with one attached hydrogen (secondary N) is 1. The van der Waals surface area contributed by atoms with Gasteiger partial charge in [-0.25, -0.2) is 0 Å². The number of carbonyl (C=O) groups is 2. The molecule has 0 radical (unpaired) electrons. The average Bonchev–Trinajstić information content (AvgIpc) is 2.43. The third-order valence-electron chi connectivity index (χ3n) is 3.05. The molecule has 0 aromatic heterocycles. The van der Waals surface area contributed by atoms with Crippen LogP contribution in [-0.2, 0) is 11.2 Å². The second-order valence-electron chi connectivity index (χ2n) is 4.64. The van der Waals surface area contributed by atoms with Gasteiger partial charge in [0.1, 0.15) is 0 Å². The van der Waals surface area contributed by atoms with Crippen molar-refractivity contribution in [2.24, 2.45) is 0 Å². The zero-order valence-corrected chi connectivity index (χ0v) is 12.1. The van der Waals surface area contributed by atoms with Gasteiger partial charge in [0, 0.05) is 16.3 Å². The van der Waals surface area contributed by atoms with Crippen molar-refractivity contribution in [1.82, 2.24) is 0 Å². The van der Waals surface area contributed by atoms with Crippen molar-refractivity contribution in [1.29, 1.82) is 0 Å². The molecular weight excluding hydrogens is 290 g/mol. The first-order valence-corrected chi connectivity index (χ1v) is 6.72.